The second-order valence-electron chi connectivity index (χ2n) is 6.92. The minimum absolute atomic E-state index is 0.0507. The summed E-state index contributed by atoms with van der Waals surface area (Å²) in [7, 11) is 0. The average Bonchev–Trinajstić information content (AvgIpc) is 2.60. The molecule has 9 heteroatoms. The Labute approximate surface area is 165 Å². The molecule has 0 radical (unpaired) electrons. The molecule has 0 spiro atoms. The fraction of sp³-hybridized carbons (Fsp3) is 0.684. The van der Waals surface area contributed by atoms with E-state index in [4.69, 9.17) is 4.74 Å². The number of guanidine groups is 1. The Balaban J connectivity index is 2.72. The molecule has 0 saturated carbocycles. The fourth-order valence-electron chi connectivity index (χ4n) is 2.75. The standard InChI is InChI=1S/C19H32F3N5O/c1-6-23-18(25-10-11-27(14(2)3)15(4)5)26-12-16-8-7-9-24-17(16)28-13-19(20,21)22/h7-9,14-15H,6,10-13H2,1-5H3,(H2,23,25,26). The highest BCUT2D eigenvalue weighted by molar-refractivity contribution is 5.79. The van der Waals surface area contributed by atoms with Crippen LogP contribution in [0.15, 0.2) is 23.3 Å². The first-order chi connectivity index (χ1) is 13.1. The lowest BCUT2D eigenvalue weighted by Gasteiger charge is -2.30. The molecule has 160 valence electrons. The minimum atomic E-state index is -4.41. The summed E-state index contributed by atoms with van der Waals surface area (Å²) in [5.74, 6) is 0.547. The fourth-order valence-corrected chi connectivity index (χ4v) is 2.75. The van der Waals surface area contributed by atoms with Crippen molar-refractivity contribution in [2.75, 3.05) is 26.2 Å². The van der Waals surface area contributed by atoms with Gasteiger partial charge in [0.2, 0.25) is 5.88 Å². The summed E-state index contributed by atoms with van der Waals surface area (Å²) >= 11 is 0. The maximum atomic E-state index is 12.4. The summed E-state index contributed by atoms with van der Waals surface area (Å²) in [6.07, 6.45) is -3.01. The summed E-state index contributed by atoms with van der Waals surface area (Å²) in [5, 5.41) is 6.40. The van der Waals surface area contributed by atoms with Gasteiger partial charge in [-0.15, -0.1) is 0 Å². The normalized spacial score (nSPS) is 12.8. The van der Waals surface area contributed by atoms with Crippen molar-refractivity contribution in [3.63, 3.8) is 0 Å². The Hall–Kier alpha value is -2.03. The molecule has 2 N–H and O–H groups in total. The number of hydrogen-bond acceptors (Lipinski definition) is 4. The van der Waals surface area contributed by atoms with Crippen molar-refractivity contribution in [3.8, 4) is 5.88 Å². The van der Waals surface area contributed by atoms with Crippen LogP contribution in [0.2, 0.25) is 0 Å². The van der Waals surface area contributed by atoms with Crippen molar-refractivity contribution in [2.45, 2.75) is 59.4 Å². The van der Waals surface area contributed by atoms with Crippen LogP contribution in [0.5, 0.6) is 5.88 Å². The van der Waals surface area contributed by atoms with E-state index in [9.17, 15) is 13.2 Å². The largest absolute Gasteiger partial charge is 0.468 e. The van der Waals surface area contributed by atoms with Gasteiger partial charge in [0.05, 0.1) is 6.54 Å². The molecule has 0 unspecified atom stereocenters. The van der Waals surface area contributed by atoms with Crippen LogP contribution in [0.1, 0.15) is 40.2 Å². The summed E-state index contributed by atoms with van der Waals surface area (Å²) in [6.45, 7) is 11.6. The molecule has 0 saturated heterocycles. The van der Waals surface area contributed by atoms with Gasteiger partial charge in [-0.05, 0) is 40.7 Å². The van der Waals surface area contributed by atoms with Crippen LogP contribution < -0.4 is 15.4 Å². The predicted molar refractivity (Wildman–Crippen MR) is 106 cm³/mol. The lowest BCUT2D eigenvalue weighted by Crippen LogP contribution is -2.45. The van der Waals surface area contributed by atoms with Gasteiger partial charge in [-0.2, -0.15) is 13.2 Å². The van der Waals surface area contributed by atoms with E-state index in [1.54, 1.807) is 12.1 Å². The van der Waals surface area contributed by atoms with Crippen LogP contribution in [-0.4, -0.2) is 60.3 Å². The molecule has 0 fully saturated rings. The molecule has 1 heterocycles. The molecule has 0 amide bonds. The number of hydrogen-bond donors (Lipinski definition) is 2. The maximum absolute atomic E-state index is 12.4. The van der Waals surface area contributed by atoms with E-state index >= 15 is 0 Å². The van der Waals surface area contributed by atoms with Gasteiger partial charge in [-0.25, -0.2) is 9.98 Å². The predicted octanol–water partition coefficient (Wildman–Crippen LogP) is 3.20. The van der Waals surface area contributed by atoms with Gasteiger partial charge in [0, 0.05) is 43.5 Å². The number of ether oxygens (including phenoxy) is 1. The van der Waals surface area contributed by atoms with Gasteiger partial charge >= 0.3 is 6.18 Å². The molecule has 6 nitrogen and oxygen atoms in total. The van der Waals surface area contributed by atoms with Gasteiger partial charge < -0.3 is 15.4 Å². The average molecular weight is 403 g/mol. The lowest BCUT2D eigenvalue weighted by molar-refractivity contribution is -0.154. The molecule has 0 aliphatic rings. The summed E-state index contributed by atoms with van der Waals surface area (Å²) < 4.78 is 42.0. The van der Waals surface area contributed by atoms with E-state index in [2.05, 4.69) is 53.2 Å². The van der Waals surface area contributed by atoms with Crippen molar-refractivity contribution < 1.29 is 17.9 Å². The third-order valence-electron chi connectivity index (χ3n) is 3.96. The van der Waals surface area contributed by atoms with Crippen LogP contribution in [0, 0.1) is 0 Å². The molecule has 0 bridgehead atoms. The number of nitrogens with zero attached hydrogens (tertiary/aromatic N) is 3. The van der Waals surface area contributed by atoms with E-state index in [1.807, 2.05) is 6.92 Å². The number of aromatic nitrogens is 1. The molecule has 1 aromatic rings. The van der Waals surface area contributed by atoms with Gasteiger partial charge in [-0.3, -0.25) is 4.90 Å². The molecule has 0 aliphatic carbocycles. The minimum Gasteiger partial charge on any atom is -0.468 e. The maximum Gasteiger partial charge on any atom is 0.422 e. The Morgan fingerprint density at radius 1 is 1.21 bits per heavy atom. The molecule has 0 aromatic carbocycles. The van der Waals surface area contributed by atoms with Gasteiger partial charge in [0.1, 0.15) is 0 Å². The number of halogens is 3. The first kappa shape index (κ1) is 24.0. The third kappa shape index (κ3) is 9.25. The van der Waals surface area contributed by atoms with Crippen molar-refractivity contribution in [3.05, 3.63) is 23.9 Å². The zero-order valence-corrected chi connectivity index (χ0v) is 17.3. The SMILES string of the molecule is CCNC(=NCc1cccnc1OCC(F)(F)F)NCCN(C(C)C)C(C)C. The second kappa shape index (κ2) is 11.7. The Bertz CT molecular complexity index is 597. The van der Waals surface area contributed by atoms with E-state index in [1.165, 1.54) is 6.20 Å². The van der Waals surface area contributed by atoms with Gasteiger partial charge in [0.25, 0.3) is 0 Å². The van der Waals surface area contributed by atoms with Crippen LogP contribution in [0.4, 0.5) is 13.2 Å². The first-order valence-corrected chi connectivity index (χ1v) is 9.55. The van der Waals surface area contributed by atoms with Crippen LogP contribution in [0.25, 0.3) is 0 Å². The zero-order chi connectivity index (χ0) is 21.2. The first-order valence-electron chi connectivity index (χ1n) is 9.55. The number of pyridine rings is 1. The number of rotatable bonds is 10. The number of nitrogens with one attached hydrogen (secondary N) is 2. The Kier molecular flexibility index (Phi) is 10.1. The lowest BCUT2D eigenvalue weighted by atomic mass is 10.2. The summed E-state index contributed by atoms with van der Waals surface area (Å²) in [5.41, 5.74) is 0.495. The summed E-state index contributed by atoms with van der Waals surface area (Å²) in [6, 6.07) is 4.18. The van der Waals surface area contributed by atoms with Crippen molar-refractivity contribution in [2.24, 2.45) is 4.99 Å². The summed E-state index contributed by atoms with van der Waals surface area (Å²) in [4.78, 5) is 10.7. The Morgan fingerprint density at radius 3 is 2.46 bits per heavy atom. The van der Waals surface area contributed by atoms with E-state index in [0.29, 0.717) is 36.7 Å². The molecular weight excluding hydrogens is 371 g/mol. The molecule has 1 aromatic heterocycles. The Morgan fingerprint density at radius 2 is 1.89 bits per heavy atom. The van der Waals surface area contributed by atoms with Crippen LogP contribution >= 0.6 is 0 Å². The highest BCUT2D eigenvalue weighted by Gasteiger charge is 2.29. The molecule has 28 heavy (non-hydrogen) atoms. The molecule has 0 atom stereocenters. The van der Waals surface area contributed by atoms with E-state index < -0.39 is 12.8 Å². The smallest absolute Gasteiger partial charge is 0.422 e. The number of alkyl halides is 3. The second-order valence-corrected chi connectivity index (χ2v) is 6.92. The van der Waals surface area contributed by atoms with Gasteiger partial charge in [-0.1, -0.05) is 6.07 Å². The topological polar surface area (TPSA) is 61.8 Å². The van der Waals surface area contributed by atoms with E-state index in [-0.39, 0.29) is 12.4 Å². The van der Waals surface area contributed by atoms with Crippen LogP contribution in [-0.2, 0) is 6.54 Å². The number of aliphatic imine (C=N–C) groups is 1. The molecule has 0 aliphatic heterocycles. The van der Waals surface area contributed by atoms with Crippen LogP contribution in [0.3, 0.4) is 0 Å². The monoisotopic (exact) mass is 403 g/mol. The van der Waals surface area contributed by atoms with Crippen molar-refractivity contribution in [1.29, 1.82) is 0 Å². The highest BCUT2D eigenvalue weighted by Crippen LogP contribution is 2.20. The molecular formula is C19H32F3N5O. The van der Waals surface area contributed by atoms with Gasteiger partial charge in [0.15, 0.2) is 12.6 Å². The van der Waals surface area contributed by atoms with Crippen molar-refractivity contribution in [1.82, 2.24) is 20.5 Å². The van der Waals surface area contributed by atoms with Crippen molar-refractivity contribution >= 4 is 5.96 Å². The zero-order valence-electron chi connectivity index (χ0n) is 17.3. The quantitative estimate of drug-likeness (QED) is 0.464. The molecule has 1 rings (SSSR count). The highest BCUT2D eigenvalue weighted by atomic mass is 19.4. The third-order valence-corrected chi connectivity index (χ3v) is 3.96. The van der Waals surface area contributed by atoms with E-state index in [0.717, 1.165) is 6.54 Å².